The summed E-state index contributed by atoms with van der Waals surface area (Å²) in [5, 5.41) is 1.35. The Hall–Kier alpha value is -1.39. The highest BCUT2D eigenvalue weighted by Crippen LogP contribution is 2.24. The van der Waals surface area contributed by atoms with Crippen LogP contribution < -0.4 is 0 Å². The second-order valence-electron chi connectivity index (χ2n) is 7.14. The average Bonchev–Trinajstić information content (AvgIpc) is 2.98. The number of nitrogens with zero attached hydrogens (tertiary/aromatic N) is 2. The summed E-state index contributed by atoms with van der Waals surface area (Å²) in [5.41, 5.74) is 2.70. The van der Waals surface area contributed by atoms with Crippen LogP contribution in [0.4, 0.5) is 4.39 Å². The fourth-order valence-corrected chi connectivity index (χ4v) is 3.74. The molecule has 0 spiro atoms. The van der Waals surface area contributed by atoms with Gasteiger partial charge in [0.2, 0.25) is 0 Å². The molecule has 1 aliphatic rings. The first-order valence-electron chi connectivity index (χ1n) is 9.79. The Labute approximate surface area is 150 Å². The third-order valence-corrected chi connectivity index (χ3v) is 5.14. The number of halogens is 1. The van der Waals surface area contributed by atoms with Crippen LogP contribution in [0.2, 0.25) is 0 Å². The molecule has 0 bridgehead atoms. The van der Waals surface area contributed by atoms with Crippen molar-refractivity contribution in [3.8, 4) is 0 Å². The molecule has 1 aliphatic heterocycles. The number of aromatic nitrogens is 1. The van der Waals surface area contributed by atoms with Gasteiger partial charge in [-0.25, -0.2) is 4.39 Å². The molecular formula is C21H31FN2O. The van der Waals surface area contributed by atoms with E-state index >= 15 is 0 Å². The fourth-order valence-electron chi connectivity index (χ4n) is 3.74. The Morgan fingerprint density at radius 3 is 2.72 bits per heavy atom. The van der Waals surface area contributed by atoms with Gasteiger partial charge in [-0.05, 0) is 37.3 Å². The van der Waals surface area contributed by atoms with Gasteiger partial charge in [0.25, 0.3) is 0 Å². The summed E-state index contributed by atoms with van der Waals surface area (Å²) in [6.07, 6.45) is 6.03. The minimum atomic E-state index is -0.622. The van der Waals surface area contributed by atoms with Crippen molar-refractivity contribution in [1.82, 2.24) is 9.47 Å². The van der Waals surface area contributed by atoms with Crippen molar-refractivity contribution in [2.24, 2.45) is 0 Å². The Balaban J connectivity index is 1.62. The van der Waals surface area contributed by atoms with E-state index in [1.807, 2.05) is 0 Å². The lowest BCUT2D eigenvalue weighted by Crippen LogP contribution is -2.35. The lowest BCUT2D eigenvalue weighted by molar-refractivity contribution is 0.0343. The molecule has 138 valence electrons. The zero-order chi connectivity index (χ0) is 17.5. The molecule has 1 aromatic heterocycles. The van der Waals surface area contributed by atoms with E-state index in [4.69, 9.17) is 4.74 Å². The molecule has 1 atom stereocenters. The number of hydrogen-bond acceptors (Lipinski definition) is 2. The van der Waals surface area contributed by atoms with Gasteiger partial charge in [-0.2, -0.15) is 0 Å². The molecule has 0 amide bonds. The standard InChI is InChI=1S/C21H31FN2O/c1-2-7-19(22)8-5-6-11-24-17-18(16-23-12-14-25-15-13-23)20-9-3-4-10-21(20)24/h3-4,9-10,17,19H,2,5-8,11-16H2,1H3. The molecule has 4 heteroatoms. The molecule has 1 aromatic carbocycles. The normalized spacial score (nSPS) is 17.2. The van der Waals surface area contributed by atoms with Crippen LogP contribution in [-0.2, 0) is 17.8 Å². The van der Waals surface area contributed by atoms with Gasteiger partial charge >= 0.3 is 0 Å². The van der Waals surface area contributed by atoms with E-state index in [9.17, 15) is 4.39 Å². The van der Waals surface area contributed by atoms with Crippen molar-refractivity contribution >= 4 is 10.9 Å². The maximum Gasteiger partial charge on any atom is 0.100 e. The largest absolute Gasteiger partial charge is 0.379 e. The Bertz CT molecular complexity index is 648. The minimum Gasteiger partial charge on any atom is -0.379 e. The second-order valence-corrected chi connectivity index (χ2v) is 7.14. The monoisotopic (exact) mass is 346 g/mol. The predicted molar refractivity (Wildman–Crippen MR) is 102 cm³/mol. The average molecular weight is 346 g/mol. The van der Waals surface area contributed by atoms with Crippen molar-refractivity contribution < 1.29 is 9.13 Å². The molecule has 25 heavy (non-hydrogen) atoms. The first-order chi connectivity index (χ1) is 12.3. The smallest absolute Gasteiger partial charge is 0.100 e. The van der Waals surface area contributed by atoms with Gasteiger partial charge in [0.05, 0.1) is 13.2 Å². The fraction of sp³-hybridized carbons (Fsp3) is 0.619. The molecule has 0 saturated carbocycles. The molecule has 1 unspecified atom stereocenters. The molecule has 0 aliphatic carbocycles. The summed E-state index contributed by atoms with van der Waals surface area (Å²) in [5.74, 6) is 0. The summed E-state index contributed by atoms with van der Waals surface area (Å²) in [6.45, 7) is 7.70. The predicted octanol–water partition coefficient (Wildman–Crippen LogP) is 4.78. The van der Waals surface area contributed by atoms with Crippen LogP contribution in [0, 0.1) is 0 Å². The summed E-state index contributed by atoms with van der Waals surface area (Å²) >= 11 is 0. The van der Waals surface area contributed by atoms with Crippen LogP contribution >= 0.6 is 0 Å². The topological polar surface area (TPSA) is 17.4 Å². The van der Waals surface area contributed by atoms with E-state index in [2.05, 4.69) is 46.9 Å². The van der Waals surface area contributed by atoms with Crippen molar-refractivity contribution in [3.63, 3.8) is 0 Å². The van der Waals surface area contributed by atoms with Gasteiger partial charge in [-0.15, -0.1) is 0 Å². The minimum absolute atomic E-state index is 0.622. The summed E-state index contributed by atoms with van der Waals surface area (Å²) in [7, 11) is 0. The number of ether oxygens (including phenoxy) is 1. The first-order valence-corrected chi connectivity index (χ1v) is 9.79. The molecule has 2 heterocycles. The number of hydrogen-bond donors (Lipinski definition) is 0. The Morgan fingerprint density at radius 2 is 1.92 bits per heavy atom. The third kappa shape index (κ3) is 5.05. The molecule has 2 aromatic rings. The summed E-state index contributed by atoms with van der Waals surface area (Å²) in [4.78, 5) is 2.47. The van der Waals surface area contributed by atoms with Gasteiger partial charge in [-0.1, -0.05) is 31.5 Å². The van der Waals surface area contributed by atoms with Crippen LogP contribution in [0.25, 0.3) is 10.9 Å². The molecule has 3 nitrogen and oxygen atoms in total. The summed E-state index contributed by atoms with van der Waals surface area (Å²) < 4.78 is 21.4. The van der Waals surface area contributed by atoms with E-state index < -0.39 is 6.17 Å². The highest BCUT2D eigenvalue weighted by Gasteiger charge is 2.14. The number of para-hydroxylation sites is 1. The number of morpholine rings is 1. The molecule has 1 saturated heterocycles. The maximum absolute atomic E-state index is 13.6. The van der Waals surface area contributed by atoms with Crippen LogP contribution in [0.15, 0.2) is 30.5 Å². The van der Waals surface area contributed by atoms with Crippen molar-refractivity contribution in [1.29, 1.82) is 0 Å². The third-order valence-electron chi connectivity index (χ3n) is 5.14. The summed E-state index contributed by atoms with van der Waals surface area (Å²) in [6, 6.07) is 8.65. The van der Waals surface area contributed by atoms with E-state index in [0.717, 1.165) is 58.7 Å². The Kier molecular flexibility index (Phi) is 6.88. The lowest BCUT2D eigenvalue weighted by Gasteiger charge is -2.26. The zero-order valence-corrected chi connectivity index (χ0v) is 15.4. The van der Waals surface area contributed by atoms with Gasteiger partial charge in [0.15, 0.2) is 0 Å². The number of benzene rings is 1. The van der Waals surface area contributed by atoms with Crippen LogP contribution in [-0.4, -0.2) is 41.9 Å². The van der Waals surface area contributed by atoms with E-state index in [1.54, 1.807) is 0 Å². The van der Waals surface area contributed by atoms with Crippen LogP contribution in [0.1, 0.15) is 44.6 Å². The first kappa shape index (κ1) is 18.4. The highest BCUT2D eigenvalue weighted by molar-refractivity contribution is 5.83. The zero-order valence-electron chi connectivity index (χ0n) is 15.4. The van der Waals surface area contributed by atoms with Crippen LogP contribution in [0.3, 0.4) is 0 Å². The highest BCUT2D eigenvalue weighted by atomic mass is 19.1. The van der Waals surface area contributed by atoms with Crippen molar-refractivity contribution in [2.45, 2.75) is 58.3 Å². The van der Waals surface area contributed by atoms with Crippen molar-refractivity contribution in [3.05, 3.63) is 36.0 Å². The maximum atomic E-state index is 13.6. The molecular weight excluding hydrogens is 315 g/mol. The van der Waals surface area contributed by atoms with Gasteiger partial charge in [0, 0.05) is 43.3 Å². The van der Waals surface area contributed by atoms with E-state index in [0.29, 0.717) is 12.8 Å². The van der Waals surface area contributed by atoms with Gasteiger partial charge in [0.1, 0.15) is 6.17 Å². The second kappa shape index (κ2) is 9.35. The van der Waals surface area contributed by atoms with E-state index in [-0.39, 0.29) is 0 Å². The molecule has 3 rings (SSSR count). The van der Waals surface area contributed by atoms with Crippen molar-refractivity contribution in [2.75, 3.05) is 26.3 Å². The molecule has 1 fully saturated rings. The number of unbranched alkanes of at least 4 members (excludes halogenated alkanes) is 1. The quantitative estimate of drug-likeness (QED) is 0.608. The van der Waals surface area contributed by atoms with E-state index in [1.165, 1.54) is 16.5 Å². The molecule has 0 N–H and O–H groups in total. The Morgan fingerprint density at radius 1 is 1.12 bits per heavy atom. The van der Waals surface area contributed by atoms with Crippen LogP contribution in [0.5, 0.6) is 0 Å². The van der Waals surface area contributed by atoms with Gasteiger partial charge in [-0.3, -0.25) is 4.90 Å². The van der Waals surface area contributed by atoms with Gasteiger partial charge < -0.3 is 9.30 Å². The number of alkyl halides is 1. The molecule has 0 radical (unpaired) electrons. The number of rotatable bonds is 9. The number of fused-ring (bicyclic) bond motifs is 1. The lowest BCUT2D eigenvalue weighted by atomic mass is 10.1. The SMILES string of the molecule is CCCC(F)CCCCn1cc(CN2CCOCC2)c2ccccc21. The number of aryl methyl sites for hydroxylation is 1.